The van der Waals surface area contributed by atoms with Crippen LogP contribution in [0, 0.1) is 11.6 Å². The van der Waals surface area contributed by atoms with Gasteiger partial charge in [-0.1, -0.05) is 24.3 Å². The van der Waals surface area contributed by atoms with Gasteiger partial charge >= 0.3 is 0 Å². The first-order chi connectivity index (χ1) is 10.0. The van der Waals surface area contributed by atoms with Crippen LogP contribution < -0.4 is 0 Å². The number of hydrogen-bond acceptors (Lipinski definition) is 1. The van der Waals surface area contributed by atoms with Crippen molar-refractivity contribution < 1.29 is 13.6 Å². The predicted molar refractivity (Wildman–Crippen MR) is 77.6 cm³/mol. The number of carbonyl (C=O) groups is 1. The van der Waals surface area contributed by atoms with Crippen molar-refractivity contribution in [3.05, 3.63) is 71.3 Å². The second-order valence-corrected chi connectivity index (χ2v) is 5.01. The first kappa shape index (κ1) is 15.2. The van der Waals surface area contributed by atoms with Crippen LogP contribution in [0.4, 0.5) is 8.78 Å². The first-order valence-electron chi connectivity index (χ1n) is 6.77. The Morgan fingerprint density at radius 1 is 1.00 bits per heavy atom. The van der Waals surface area contributed by atoms with Gasteiger partial charge in [0.2, 0.25) is 5.91 Å². The van der Waals surface area contributed by atoms with E-state index in [0.29, 0.717) is 19.4 Å². The van der Waals surface area contributed by atoms with Crippen LogP contribution >= 0.6 is 0 Å². The summed E-state index contributed by atoms with van der Waals surface area (Å²) < 4.78 is 25.9. The molecule has 0 aromatic heterocycles. The third kappa shape index (κ3) is 4.67. The van der Waals surface area contributed by atoms with E-state index in [-0.39, 0.29) is 17.5 Å². The molecule has 0 N–H and O–H groups in total. The third-order valence-electron chi connectivity index (χ3n) is 3.28. The van der Waals surface area contributed by atoms with E-state index in [4.69, 9.17) is 0 Å². The monoisotopic (exact) mass is 289 g/mol. The number of carbonyl (C=O) groups excluding carboxylic acids is 1. The van der Waals surface area contributed by atoms with E-state index in [1.54, 1.807) is 36.2 Å². The molecule has 0 spiro atoms. The molecule has 110 valence electrons. The van der Waals surface area contributed by atoms with Crippen molar-refractivity contribution in [1.29, 1.82) is 0 Å². The molecule has 0 radical (unpaired) electrons. The van der Waals surface area contributed by atoms with Gasteiger partial charge in [0.1, 0.15) is 11.6 Å². The fraction of sp³-hybridized carbons (Fsp3) is 0.235. The molecular weight excluding hydrogens is 272 g/mol. The summed E-state index contributed by atoms with van der Waals surface area (Å²) in [6, 6.07) is 12.3. The number of amides is 1. The van der Waals surface area contributed by atoms with Crippen LogP contribution in [-0.2, 0) is 17.8 Å². The normalized spacial score (nSPS) is 10.4. The summed E-state index contributed by atoms with van der Waals surface area (Å²) in [6.45, 7) is 0.375. The second kappa shape index (κ2) is 6.97. The minimum atomic E-state index is -0.306. The predicted octanol–water partition coefficient (Wildman–Crippen LogP) is 3.56. The number of rotatable bonds is 5. The summed E-state index contributed by atoms with van der Waals surface area (Å²) >= 11 is 0. The van der Waals surface area contributed by atoms with Gasteiger partial charge in [-0.15, -0.1) is 0 Å². The Kier molecular flexibility index (Phi) is 5.04. The lowest BCUT2D eigenvalue weighted by Crippen LogP contribution is -2.26. The molecule has 0 fully saturated rings. The summed E-state index contributed by atoms with van der Waals surface area (Å²) in [5.74, 6) is -0.614. The van der Waals surface area contributed by atoms with Crippen molar-refractivity contribution in [3.8, 4) is 0 Å². The van der Waals surface area contributed by atoms with Crippen LogP contribution in [0.2, 0.25) is 0 Å². The molecule has 0 aliphatic carbocycles. The fourth-order valence-corrected chi connectivity index (χ4v) is 2.09. The standard InChI is InChI=1S/C17H17F2NO/c1-20(12-14-3-2-4-16(19)11-14)17(21)10-7-13-5-8-15(18)9-6-13/h2-6,8-9,11H,7,10,12H2,1H3. The molecule has 0 aliphatic rings. The fourth-order valence-electron chi connectivity index (χ4n) is 2.09. The lowest BCUT2D eigenvalue weighted by atomic mass is 10.1. The van der Waals surface area contributed by atoms with E-state index in [2.05, 4.69) is 0 Å². The average molecular weight is 289 g/mol. The number of hydrogen-bond donors (Lipinski definition) is 0. The lowest BCUT2D eigenvalue weighted by Gasteiger charge is -2.17. The number of nitrogens with zero attached hydrogens (tertiary/aromatic N) is 1. The van der Waals surface area contributed by atoms with Crippen molar-refractivity contribution in [2.24, 2.45) is 0 Å². The minimum absolute atomic E-state index is 0.0245. The highest BCUT2D eigenvalue weighted by Crippen LogP contribution is 2.10. The molecule has 2 aromatic rings. The minimum Gasteiger partial charge on any atom is -0.341 e. The van der Waals surface area contributed by atoms with Crippen LogP contribution in [0.15, 0.2) is 48.5 Å². The molecule has 21 heavy (non-hydrogen) atoms. The largest absolute Gasteiger partial charge is 0.341 e. The average Bonchev–Trinajstić information content (AvgIpc) is 2.46. The van der Waals surface area contributed by atoms with E-state index in [1.165, 1.54) is 24.3 Å². The van der Waals surface area contributed by atoms with Crippen molar-refractivity contribution in [3.63, 3.8) is 0 Å². The summed E-state index contributed by atoms with van der Waals surface area (Å²) in [4.78, 5) is 13.6. The molecule has 0 atom stereocenters. The Morgan fingerprint density at radius 3 is 2.38 bits per heavy atom. The van der Waals surface area contributed by atoms with Gasteiger partial charge in [-0.05, 0) is 41.8 Å². The molecule has 0 saturated carbocycles. The van der Waals surface area contributed by atoms with Crippen LogP contribution in [0.25, 0.3) is 0 Å². The van der Waals surface area contributed by atoms with Crippen molar-refractivity contribution in [1.82, 2.24) is 4.90 Å². The highest BCUT2D eigenvalue weighted by Gasteiger charge is 2.10. The van der Waals surface area contributed by atoms with E-state index < -0.39 is 0 Å². The summed E-state index contributed by atoms with van der Waals surface area (Å²) in [7, 11) is 1.69. The molecule has 0 bridgehead atoms. The molecule has 4 heteroatoms. The van der Waals surface area contributed by atoms with Gasteiger partial charge in [-0.2, -0.15) is 0 Å². The van der Waals surface area contributed by atoms with E-state index in [0.717, 1.165) is 11.1 Å². The van der Waals surface area contributed by atoms with Crippen LogP contribution in [-0.4, -0.2) is 17.9 Å². The van der Waals surface area contributed by atoms with Crippen LogP contribution in [0.5, 0.6) is 0 Å². The second-order valence-electron chi connectivity index (χ2n) is 5.01. The first-order valence-corrected chi connectivity index (χ1v) is 6.77. The van der Waals surface area contributed by atoms with Crippen molar-refractivity contribution in [2.45, 2.75) is 19.4 Å². The zero-order chi connectivity index (χ0) is 15.2. The molecule has 0 unspecified atom stereocenters. The van der Waals surface area contributed by atoms with Crippen molar-refractivity contribution >= 4 is 5.91 Å². The highest BCUT2D eigenvalue weighted by atomic mass is 19.1. The Bertz CT molecular complexity index is 610. The van der Waals surface area contributed by atoms with Crippen molar-refractivity contribution in [2.75, 3.05) is 7.05 Å². The Labute approximate surface area is 123 Å². The van der Waals surface area contributed by atoms with Gasteiger partial charge < -0.3 is 4.90 Å². The van der Waals surface area contributed by atoms with Gasteiger partial charge in [0.15, 0.2) is 0 Å². The number of aryl methyl sites for hydroxylation is 1. The number of benzene rings is 2. The Balaban J connectivity index is 1.86. The molecule has 0 aliphatic heterocycles. The van der Waals surface area contributed by atoms with E-state index >= 15 is 0 Å². The van der Waals surface area contributed by atoms with Gasteiger partial charge in [0.05, 0.1) is 0 Å². The lowest BCUT2D eigenvalue weighted by molar-refractivity contribution is -0.130. The smallest absolute Gasteiger partial charge is 0.222 e. The molecular formula is C17H17F2NO. The third-order valence-corrected chi connectivity index (χ3v) is 3.28. The maximum atomic E-state index is 13.1. The highest BCUT2D eigenvalue weighted by molar-refractivity contribution is 5.76. The zero-order valence-corrected chi connectivity index (χ0v) is 11.9. The number of halogens is 2. The Morgan fingerprint density at radius 2 is 1.71 bits per heavy atom. The van der Waals surface area contributed by atoms with Crippen LogP contribution in [0.1, 0.15) is 17.5 Å². The maximum Gasteiger partial charge on any atom is 0.222 e. The molecule has 2 rings (SSSR count). The van der Waals surface area contributed by atoms with Crippen LogP contribution in [0.3, 0.4) is 0 Å². The molecule has 2 aromatic carbocycles. The maximum absolute atomic E-state index is 13.1. The SMILES string of the molecule is CN(Cc1cccc(F)c1)C(=O)CCc1ccc(F)cc1. The topological polar surface area (TPSA) is 20.3 Å². The van der Waals surface area contributed by atoms with Gasteiger partial charge in [0.25, 0.3) is 0 Å². The summed E-state index contributed by atoms with van der Waals surface area (Å²) in [5.41, 5.74) is 1.68. The summed E-state index contributed by atoms with van der Waals surface area (Å²) in [6.07, 6.45) is 0.907. The molecule has 2 nitrogen and oxygen atoms in total. The molecule has 0 heterocycles. The Hall–Kier alpha value is -2.23. The summed E-state index contributed by atoms with van der Waals surface area (Å²) in [5, 5.41) is 0. The van der Waals surface area contributed by atoms with Gasteiger partial charge in [-0.25, -0.2) is 8.78 Å². The van der Waals surface area contributed by atoms with E-state index in [9.17, 15) is 13.6 Å². The molecule has 0 saturated heterocycles. The van der Waals surface area contributed by atoms with Gasteiger partial charge in [-0.3, -0.25) is 4.79 Å². The quantitative estimate of drug-likeness (QED) is 0.824. The molecule has 1 amide bonds. The zero-order valence-electron chi connectivity index (χ0n) is 11.9. The van der Waals surface area contributed by atoms with Gasteiger partial charge in [0, 0.05) is 20.0 Å². The van der Waals surface area contributed by atoms with E-state index in [1.807, 2.05) is 0 Å².